The molecule has 4 heterocycles. The van der Waals surface area contributed by atoms with Gasteiger partial charge in [-0.25, -0.2) is 9.50 Å². The summed E-state index contributed by atoms with van der Waals surface area (Å²) in [5.74, 6) is 1.58. The van der Waals surface area contributed by atoms with Gasteiger partial charge in [0.2, 0.25) is 0 Å². The summed E-state index contributed by atoms with van der Waals surface area (Å²) in [6.07, 6.45) is 8.11. The van der Waals surface area contributed by atoms with Gasteiger partial charge < -0.3 is 9.47 Å². The van der Waals surface area contributed by atoms with E-state index in [2.05, 4.69) is 45.4 Å². The highest BCUT2D eigenvalue weighted by Gasteiger charge is 2.41. The van der Waals surface area contributed by atoms with Crippen LogP contribution in [0.3, 0.4) is 0 Å². The van der Waals surface area contributed by atoms with Gasteiger partial charge >= 0.3 is 0 Å². The van der Waals surface area contributed by atoms with E-state index >= 15 is 0 Å². The fourth-order valence-electron chi connectivity index (χ4n) is 5.26. The highest BCUT2D eigenvalue weighted by atomic mass is 16.5. The zero-order valence-electron chi connectivity index (χ0n) is 17.9. The van der Waals surface area contributed by atoms with E-state index < -0.39 is 0 Å². The van der Waals surface area contributed by atoms with Gasteiger partial charge in [-0.1, -0.05) is 12.1 Å². The van der Waals surface area contributed by atoms with Crippen molar-refractivity contribution < 1.29 is 9.47 Å². The van der Waals surface area contributed by atoms with Gasteiger partial charge in [0.1, 0.15) is 0 Å². The maximum Gasteiger partial charge on any atom is 0.164 e. The van der Waals surface area contributed by atoms with Gasteiger partial charge in [-0.2, -0.15) is 5.10 Å². The number of nitrogens with zero attached hydrogens (tertiary/aromatic N) is 4. The number of methoxy groups -OCH3 is 2. The topological polar surface area (TPSA) is 51.9 Å². The number of rotatable bonds is 6. The second kappa shape index (κ2) is 7.43. The lowest BCUT2D eigenvalue weighted by Gasteiger charge is -2.36. The van der Waals surface area contributed by atoms with E-state index in [0.717, 1.165) is 54.2 Å². The van der Waals surface area contributed by atoms with Crippen LogP contribution in [0.25, 0.3) is 5.65 Å². The van der Waals surface area contributed by atoms with Crippen molar-refractivity contribution >= 4 is 5.65 Å². The van der Waals surface area contributed by atoms with E-state index in [9.17, 15) is 0 Å². The Labute approximate surface area is 177 Å². The maximum atomic E-state index is 5.63. The number of ether oxygens (including phenoxy) is 2. The van der Waals surface area contributed by atoms with Crippen molar-refractivity contribution in [3.8, 4) is 11.5 Å². The monoisotopic (exact) mass is 404 g/mol. The van der Waals surface area contributed by atoms with Crippen molar-refractivity contribution in [1.82, 2.24) is 19.5 Å². The van der Waals surface area contributed by atoms with Crippen LogP contribution in [0.2, 0.25) is 0 Å². The molecule has 1 saturated heterocycles. The predicted octanol–water partition coefficient (Wildman–Crippen LogP) is 4.05. The Morgan fingerprint density at radius 2 is 2.07 bits per heavy atom. The summed E-state index contributed by atoms with van der Waals surface area (Å²) in [5.41, 5.74) is 6.98. The van der Waals surface area contributed by atoms with E-state index in [-0.39, 0.29) is 0 Å². The lowest BCUT2D eigenvalue weighted by molar-refractivity contribution is 0.165. The Balaban J connectivity index is 1.50. The number of hydrogen-bond donors (Lipinski definition) is 0. The van der Waals surface area contributed by atoms with Gasteiger partial charge in [-0.3, -0.25) is 4.90 Å². The molecule has 0 unspecified atom stereocenters. The Bertz CT molecular complexity index is 1120. The largest absolute Gasteiger partial charge is 0.493 e. The normalized spacial score (nSPS) is 20.4. The standard InChI is InChI=1S/C24H28N4O2/c1-5-6-17-10-16(11-22(29-3)24(17)30-4)14-27-18-7-8-20(27)19-13-25-23-9-15(2)26-28(23)21(19)12-18/h5,9-11,13,18,20H,1,6-8,12,14H2,2-4H3/t18-,20-/m1/s1. The number of aryl methyl sites for hydroxylation is 1. The summed E-state index contributed by atoms with van der Waals surface area (Å²) in [7, 11) is 3.39. The average molecular weight is 405 g/mol. The summed E-state index contributed by atoms with van der Waals surface area (Å²) < 4.78 is 13.3. The lowest BCUT2D eigenvalue weighted by atomic mass is 9.97. The predicted molar refractivity (Wildman–Crippen MR) is 116 cm³/mol. The molecule has 156 valence electrons. The summed E-state index contributed by atoms with van der Waals surface area (Å²) in [5, 5.41) is 4.70. The first kappa shape index (κ1) is 19.1. The Kier molecular flexibility index (Phi) is 4.74. The highest BCUT2D eigenvalue weighted by Crippen LogP contribution is 2.45. The molecular formula is C24H28N4O2. The van der Waals surface area contributed by atoms with Crippen LogP contribution in [0.1, 0.15) is 47.0 Å². The molecule has 0 radical (unpaired) electrons. The summed E-state index contributed by atoms with van der Waals surface area (Å²) in [6, 6.07) is 7.30. The second-order valence-electron chi connectivity index (χ2n) is 8.32. The third-order valence-electron chi connectivity index (χ3n) is 6.51. The summed E-state index contributed by atoms with van der Waals surface area (Å²) in [6.45, 7) is 6.81. The van der Waals surface area contributed by atoms with Crippen LogP contribution >= 0.6 is 0 Å². The Morgan fingerprint density at radius 3 is 2.83 bits per heavy atom. The first-order valence-electron chi connectivity index (χ1n) is 10.6. The molecule has 2 aliphatic heterocycles. The minimum absolute atomic E-state index is 0.385. The minimum Gasteiger partial charge on any atom is -0.493 e. The molecule has 2 aromatic heterocycles. The van der Waals surface area contributed by atoms with E-state index in [1.807, 2.05) is 13.0 Å². The van der Waals surface area contributed by atoms with Crippen molar-refractivity contribution in [2.75, 3.05) is 14.2 Å². The van der Waals surface area contributed by atoms with Crippen molar-refractivity contribution in [3.05, 3.63) is 65.1 Å². The SMILES string of the molecule is C=CCc1cc(CN2[C@@H]3CC[C@@H]2c2cnc4cc(C)nn4c2C3)cc(OC)c1OC. The molecule has 0 saturated carbocycles. The molecule has 3 aromatic rings. The van der Waals surface area contributed by atoms with Crippen LogP contribution in [0, 0.1) is 6.92 Å². The molecular weight excluding hydrogens is 376 g/mol. The van der Waals surface area contributed by atoms with Crippen molar-refractivity contribution in [2.45, 2.75) is 51.2 Å². The number of hydrogen-bond acceptors (Lipinski definition) is 5. The third-order valence-corrected chi connectivity index (χ3v) is 6.51. The maximum absolute atomic E-state index is 5.63. The molecule has 2 aliphatic rings. The molecule has 6 heteroatoms. The van der Waals surface area contributed by atoms with Crippen LogP contribution in [-0.4, -0.2) is 39.8 Å². The van der Waals surface area contributed by atoms with Crippen LogP contribution in [0.5, 0.6) is 11.5 Å². The zero-order valence-corrected chi connectivity index (χ0v) is 17.9. The first-order chi connectivity index (χ1) is 14.6. The minimum atomic E-state index is 0.385. The fourth-order valence-corrected chi connectivity index (χ4v) is 5.26. The van der Waals surface area contributed by atoms with Gasteiger partial charge in [0.15, 0.2) is 17.1 Å². The summed E-state index contributed by atoms with van der Waals surface area (Å²) >= 11 is 0. The van der Waals surface area contributed by atoms with Gasteiger partial charge in [0.25, 0.3) is 0 Å². The Morgan fingerprint density at radius 1 is 1.20 bits per heavy atom. The van der Waals surface area contributed by atoms with E-state index in [0.29, 0.717) is 12.1 Å². The molecule has 5 rings (SSSR count). The van der Waals surface area contributed by atoms with Gasteiger partial charge in [0.05, 0.1) is 25.6 Å². The van der Waals surface area contributed by atoms with Gasteiger partial charge in [-0.05, 0) is 37.8 Å². The molecule has 2 bridgehead atoms. The molecule has 1 fully saturated rings. The fraction of sp³-hybridized carbons (Fsp3) is 0.417. The van der Waals surface area contributed by atoms with Gasteiger partial charge in [-0.15, -0.1) is 6.58 Å². The third kappa shape index (κ3) is 2.98. The highest BCUT2D eigenvalue weighted by molar-refractivity contribution is 5.50. The zero-order chi connectivity index (χ0) is 20.8. The molecule has 0 amide bonds. The molecule has 0 N–H and O–H groups in total. The smallest absolute Gasteiger partial charge is 0.164 e. The van der Waals surface area contributed by atoms with E-state index in [4.69, 9.17) is 14.6 Å². The van der Waals surface area contributed by atoms with Crippen molar-refractivity contribution in [2.24, 2.45) is 0 Å². The Hall–Kier alpha value is -2.86. The first-order valence-corrected chi connectivity index (χ1v) is 10.6. The number of aromatic nitrogens is 3. The number of fused-ring (bicyclic) bond motifs is 6. The molecule has 2 atom stereocenters. The van der Waals surface area contributed by atoms with Gasteiger partial charge in [0, 0.05) is 48.4 Å². The van der Waals surface area contributed by atoms with Crippen LogP contribution in [0.4, 0.5) is 0 Å². The second-order valence-corrected chi connectivity index (χ2v) is 8.32. The lowest BCUT2D eigenvalue weighted by Crippen LogP contribution is -2.38. The molecule has 0 aliphatic carbocycles. The summed E-state index contributed by atoms with van der Waals surface area (Å²) in [4.78, 5) is 7.32. The van der Waals surface area contributed by atoms with Crippen molar-refractivity contribution in [3.63, 3.8) is 0 Å². The average Bonchev–Trinajstić information content (AvgIpc) is 3.25. The molecule has 1 aromatic carbocycles. The molecule has 30 heavy (non-hydrogen) atoms. The van der Waals surface area contributed by atoms with Crippen LogP contribution in [-0.2, 0) is 19.4 Å². The number of allylic oxidation sites excluding steroid dienone is 1. The number of benzene rings is 1. The van der Waals surface area contributed by atoms with Crippen LogP contribution < -0.4 is 9.47 Å². The van der Waals surface area contributed by atoms with E-state index in [1.54, 1.807) is 14.2 Å². The molecule has 0 spiro atoms. The van der Waals surface area contributed by atoms with E-state index in [1.165, 1.54) is 23.2 Å². The van der Waals surface area contributed by atoms with Crippen molar-refractivity contribution in [1.29, 1.82) is 0 Å². The van der Waals surface area contributed by atoms with Crippen LogP contribution in [0.15, 0.2) is 37.1 Å². The quantitative estimate of drug-likeness (QED) is 0.580. The molecule has 6 nitrogen and oxygen atoms in total.